The lowest BCUT2D eigenvalue weighted by molar-refractivity contribution is 0.476. The lowest BCUT2D eigenvalue weighted by Crippen LogP contribution is -2.02. The van der Waals surface area contributed by atoms with E-state index in [1.54, 1.807) is 18.3 Å². The molecule has 1 aromatic carbocycles. The van der Waals surface area contributed by atoms with Crippen LogP contribution in [0.15, 0.2) is 30.5 Å². The third kappa shape index (κ3) is 2.04. The first-order valence-corrected chi connectivity index (χ1v) is 4.61. The lowest BCUT2D eigenvalue weighted by Gasteiger charge is -2.03. The number of benzene rings is 1. The lowest BCUT2D eigenvalue weighted by atomic mass is 10.1. The van der Waals surface area contributed by atoms with Crippen molar-refractivity contribution in [3.8, 4) is 5.75 Å². The number of aromatic hydroxyl groups is 1. The molecule has 4 heteroatoms. The van der Waals surface area contributed by atoms with Crippen molar-refractivity contribution in [2.75, 3.05) is 11.9 Å². The highest BCUT2D eigenvalue weighted by Gasteiger charge is 1.97. The second kappa shape index (κ2) is 3.96. The van der Waals surface area contributed by atoms with E-state index in [4.69, 9.17) is 5.41 Å². The van der Waals surface area contributed by atoms with Crippen molar-refractivity contribution in [2.45, 2.75) is 0 Å². The molecule has 0 saturated heterocycles. The molecule has 0 saturated carbocycles. The van der Waals surface area contributed by atoms with Crippen molar-refractivity contribution in [1.29, 1.82) is 5.41 Å². The Morgan fingerprint density at radius 1 is 1.33 bits per heavy atom. The van der Waals surface area contributed by atoms with Gasteiger partial charge in [-0.25, -0.2) is 4.98 Å². The molecule has 0 aliphatic heterocycles. The predicted octanol–water partition coefficient (Wildman–Crippen LogP) is 2.00. The first kappa shape index (κ1) is 9.45. The number of fused-ring (bicyclic) bond motifs is 1. The van der Waals surface area contributed by atoms with Gasteiger partial charge in [0, 0.05) is 17.8 Å². The summed E-state index contributed by atoms with van der Waals surface area (Å²) < 4.78 is 0. The maximum absolute atomic E-state index is 9.27. The molecule has 3 N–H and O–H groups in total. The van der Waals surface area contributed by atoms with Gasteiger partial charge in [0.25, 0.3) is 0 Å². The third-order valence-corrected chi connectivity index (χ3v) is 2.09. The second-order valence-corrected chi connectivity index (χ2v) is 3.19. The number of anilines is 1. The molecule has 0 amide bonds. The van der Waals surface area contributed by atoms with Gasteiger partial charge >= 0.3 is 0 Å². The number of rotatable bonds is 3. The van der Waals surface area contributed by atoms with Gasteiger partial charge in [-0.2, -0.15) is 0 Å². The molecule has 76 valence electrons. The van der Waals surface area contributed by atoms with Crippen molar-refractivity contribution >= 4 is 22.8 Å². The highest BCUT2D eigenvalue weighted by atomic mass is 16.3. The van der Waals surface area contributed by atoms with Crippen LogP contribution in [0, 0.1) is 5.41 Å². The fraction of sp³-hybridized carbons (Fsp3) is 0.0909. The standard InChI is InChI=1S/C11H11N3O/c12-3-4-13-11-6-8-1-2-10(15)5-9(8)7-14-11/h1-3,5-7,12,15H,4H2,(H,13,14). The largest absolute Gasteiger partial charge is 0.508 e. The van der Waals surface area contributed by atoms with Crippen LogP contribution in [0.5, 0.6) is 5.75 Å². The van der Waals surface area contributed by atoms with Gasteiger partial charge < -0.3 is 15.8 Å². The zero-order valence-corrected chi connectivity index (χ0v) is 8.07. The summed E-state index contributed by atoms with van der Waals surface area (Å²) in [4.78, 5) is 4.16. The van der Waals surface area contributed by atoms with E-state index in [-0.39, 0.29) is 5.75 Å². The summed E-state index contributed by atoms with van der Waals surface area (Å²) in [7, 11) is 0. The highest BCUT2D eigenvalue weighted by molar-refractivity contribution is 5.85. The van der Waals surface area contributed by atoms with E-state index in [1.165, 1.54) is 6.21 Å². The van der Waals surface area contributed by atoms with E-state index in [9.17, 15) is 5.11 Å². The van der Waals surface area contributed by atoms with Crippen molar-refractivity contribution in [3.63, 3.8) is 0 Å². The molecule has 0 radical (unpaired) electrons. The summed E-state index contributed by atoms with van der Waals surface area (Å²) in [5.41, 5.74) is 0. The van der Waals surface area contributed by atoms with E-state index >= 15 is 0 Å². The van der Waals surface area contributed by atoms with E-state index in [0.717, 1.165) is 16.6 Å². The van der Waals surface area contributed by atoms with E-state index < -0.39 is 0 Å². The van der Waals surface area contributed by atoms with E-state index in [0.29, 0.717) is 6.54 Å². The SMILES string of the molecule is N=CCNc1cc2ccc(O)cc2cn1. The molecular formula is C11H11N3O. The summed E-state index contributed by atoms with van der Waals surface area (Å²) in [6.45, 7) is 0.469. The minimum atomic E-state index is 0.240. The number of nitrogens with one attached hydrogen (secondary N) is 2. The van der Waals surface area contributed by atoms with Crippen LogP contribution in [0.3, 0.4) is 0 Å². The number of phenols is 1. The van der Waals surface area contributed by atoms with Gasteiger partial charge in [0.2, 0.25) is 0 Å². The Kier molecular flexibility index (Phi) is 2.49. The van der Waals surface area contributed by atoms with Gasteiger partial charge in [0.15, 0.2) is 0 Å². The maximum Gasteiger partial charge on any atom is 0.126 e. The van der Waals surface area contributed by atoms with Crippen LogP contribution in [-0.4, -0.2) is 22.8 Å². The number of hydrogen-bond donors (Lipinski definition) is 3. The van der Waals surface area contributed by atoms with Crippen LogP contribution < -0.4 is 5.32 Å². The Morgan fingerprint density at radius 2 is 2.20 bits per heavy atom. The Balaban J connectivity index is 2.38. The Labute approximate surface area is 87.1 Å². The van der Waals surface area contributed by atoms with Crippen LogP contribution in [0.4, 0.5) is 5.82 Å². The zero-order chi connectivity index (χ0) is 10.7. The molecule has 0 fully saturated rings. The number of hydrogen-bond acceptors (Lipinski definition) is 4. The molecule has 2 aromatic rings. The molecule has 1 heterocycles. The molecule has 1 aromatic heterocycles. The molecule has 0 aliphatic rings. The van der Waals surface area contributed by atoms with E-state index in [1.807, 2.05) is 12.1 Å². The summed E-state index contributed by atoms with van der Waals surface area (Å²) in [6.07, 6.45) is 2.98. The van der Waals surface area contributed by atoms with Crippen LogP contribution in [-0.2, 0) is 0 Å². The van der Waals surface area contributed by atoms with Gasteiger partial charge in [-0.3, -0.25) is 0 Å². The Hall–Kier alpha value is -2.10. The third-order valence-electron chi connectivity index (χ3n) is 2.09. The summed E-state index contributed by atoms with van der Waals surface area (Å²) >= 11 is 0. The minimum Gasteiger partial charge on any atom is -0.508 e. The van der Waals surface area contributed by atoms with Gasteiger partial charge in [-0.15, -0.1) is 0 Å². The predicted molar refractivity (Wildman–Crippen MR) is 60.7 cm³/mol. The van der Waals surface area contributed by atoms with Crippen molar-refractivity contribution < 1.29 is 5.11 Å². The normalized spacial score (nSPS) is 10.1. The van der Waals surface area contributed by atoms with Crippen molar-refractivity contribution in [2.24, 2.45) is 0 Å². The van der Waals surface area contributed by atoms with Crippen molar-refractivity contribution in [3.05, 3.63) is 30.5 Å². The molecular weight excluding hydrogens is 190 g/mol. The number of aromatic nitrogens is 1. The Bertz CT molecular complexity index is 496. The van der Waals surface area contributed by atoms with Crippen LogP contribution in [0.25, 0.3) is 10.8 Å². The van der Waals surface area contributed by atoms with E-state index in [2.05, 4.69) is 10.3 Å². The number of phenolic OH excluding ortho intramolecular Hbond substituents is 1. The average Bonchev–Trinajstić information content (AvgIpc) is 2.26. The monoisotopic (exact) mass is 201 g/mol. The quantitative estimate of drug-likeness (QED) is 0.665. The molecule has 2 rings (SSSR count). The van der Waals surface area contributed by atoms with Crippen molar-refractivity contribution in [1.82, 2.24) is 4.98 Å². The topological polar surface area (TPSA) is 69.0 Å². The summed E-state index contributed by atoms with van der Waals surface area (Å²) in [5.74, 6) is 0.973. The van der Waals surface area contributed by atoms with Crippen LogP contribution >= 0.6 is 0 Å². The molecule has 0 bridgehead atoms. The molecule has 15 heavy (non-hydrogen) atoms. The minimum absolute atomic E-state index is 0.240. The van der Waals surface area contributed by atoms with Gasteiger partial charge in [-0.1, -0.05) is 6.07 Å². The Morgan fingerprint density at radius 3 is 3.00 bits per heavy atom. The molecule has 0 atom stereocenters. The van der Waals surface area contributed by atoms with Gasteiger partial charge in [0.05, 0.1) is 6.54 Å². The zero-order valence-electron chi connectivity index (χ0n) is 8.07. The first-order valence-electron chi connectivity index (χ1n) is 4.61. The number of pyridine rings is 1. The maximum atomic E-state index is 9.27. The second-order valence-electron chi connectivity index (χ2n) is 3.19. The summed E-state index contributed by atoms with van der Waals surface area (Å²) in [6, 6.07) is 7.03. The smallest absolute Gasteiger partial charge is 0.126 e. The molecule has 0 unspecified atom stereocenters. The highest BCUT2D eigenvalue weighted by Crippen LogP contribution is 2.20. The van der Waals surface area contributed by atoms with Gasteiger partial charge in [-0.05, 0) is 23.6 Å². The molecule has 0 aliphatic carbocycles. The van der Waals surface area contributed by atoms with Crippen LogP contribution in [0.2, 0.25) is 0 Å². The fourth-order valence-electron chi connectivity index (χ4n) is 1.38. The average molecular weight is 201 g/mol. The molecule has 0 spiro atoms. The fourth-order valence-corrected chi connectivity index (χ4v) is 1.38. The van der Waals surface area contributed by atoms with Gasteiger partial charge in [0.1, 0.15) is 11.6 Å². The molecule has 4 nitrogen and oxygen atoms in total. The first-order chi connectivity index (χ1) is 7.29. The van der Waals surface area contributed by atoms with Crippen LogP contribution in [0.1, 0.15) is 0 Å². The number of nitrogens with zero attached hydrogens (tertiary/aromatic N) is 1. The summed E-state index contributed by atoms with van der Waals surface area (Å²) in [5, 5.41) is 21.1.